The normalized spacial score (nSPS) is 23.4. The number of carbonyl (C=O) groups is 1. The van der Waals surface area contributed by atoms with Crippen molar-refractivity contribution in [1.29, 1.82) is 0 Å². The fraction of sp³-hybridized carbons (Fsp3) is 0.611. The Labute approximate surface area is 132 Å². The first-order valence-corrected chi connectivity index (χ1v) is 8.46. The number of amides is 1. The monoisotopic (exact) mass is 302 g/mol. The first kappa shape index (κ1) is 15.5. The molecule has 1 fully saturated rings. The number of nitrogens with zero attached hydrogens (tertiary/aromatic N) is 2. The van der Waals surface area contributed by atoms with Crippen LogP contribution in [-0.2, 0) is 11.2 Å². The fourth-order valence-electron chi connectivity index (χ4n) is 3.61. The summed E-state index contributed by atoms with van der Waals surface area (Å²) in [6.45, 7) is 6.04. The molecule has 1 aliphatic heterocycles. The highest BCUT2D eigenvalue weighted by atomic mass is 16.3. The molecule has 4 heteroatoms. The van der Waals surface area contributed by atoms with E-state index in [0.29, 0.717) is 5.91 Å². The summed E-state index contributed by atoms with van der Waals surface area (Å²) in [5.41, 5.74) is 2.57. The van der Waals surface area contributed by atoms with Crippen LogP contribution in [0.1, 0.15) is 36.8 Å². The van der Waals surface area contributed by atoms with E-state index in [0.717, 1.165) is 52.0 Å². The third kappa shape index (κ3) is 3.18. The third-order valence-electron chi connectivity index (χ3n) is 5.06. The van der Waals surface area contributed by atoms with E-state index in [-0.39, 0.29) is 12.0 Å². The molecule has 0 radical (unpaired) electrons. The molecule has 1 aliphatic carbocycles. The van der Waals surface area contributed by atoms with Gasteiger partial charge in [0.2, 0.25) is 5.91 Å². The zero-order valence-electron chi connectivity index (χ0n) is 13.4. The minimum atomic E-state index is -0.246. The molecule has 2 aliphatic rings. The number of aliphatic hydroxyl groups is 1. The van der Waals surface area contributed by atoms with Gasteiger partial charge in [-0.15, -0.1) is 0 Å². The van der Waals surface area contributed by atoms with Gasteiger partial charge in [0, 0.05) is 32.7 Å². The summed E-state index contributed by atoms with van der Waals surface area (Å²) in [7, 11) is 0. The Balaban J connectivity index is 1.57. The van der Waals surface area contributed by atoms with Crippen LogP contribution in [-0.4, -0.2) is 59.6 Å². The molecule has 1 heterocycles. The summed E-state index contributed by atoms with van der Waals surface area (Å²) >= 11 is 0. The number of hydrogen-bond acceptors (Lipinski definition) is 3. The van der Waals surface area contributed by atoms with Crippen LogP contribution in [0.25, 0.3) is 0 Å². The molecule has 2 atom stereocenters. The fourth-order valence-corrected chi connectivity index (χ4v) is 3.61. The van der Waals surface area contributed by atoms with Crippen molar-refractivity contribution in [1.82, 2.24) is 9.80 Å². The van der Waals surface area contributed by atoms with E-state index >= 15 is 0 Å². The van der Waals surface area contributed by atoms with Gasteiger partial charge in [0.05, 0.1) is 12.0 Å². The number of aryl methyl sites for hydroxylation is 1. The van der Waals surface area contributed by atoms with E-state index in [1.807, 2.05) is 17.9 Å². The molecule has 120 valence electrons. The molecule has 1 saturated heterocycles. The van der Waals surface area contributed by atoms with Gasteiger partial charge >= 0.3 is 0 Å². The van der Waals surface area contributed by atoms with Crippen molar-refractivity contribution < 1.29 is 9.90 Å². The second-order valence-electron chi connectivity index (χ2n) is 6.48. The molecule has 0 aromatic heterocycles. The van der Waals surface area contributed by atoms with E-state index in [1.54, 1.807) is 0 Å². The Hall–Kier alpha value is -1.39. The second kappa shape index (κ2) is 6.80. The Morgan fingerprint density at radius 3 is 2.73 bits per heavy atom. The van der Waals surface area contributed by atoms with Crippen LogP contribution in [0.5, 0.6) is 0 Å². The Bertz CT molecular complexity index is 524. The Morgan fingerprint density at radius 1 is 1.27 bits per heavy atom. The van der Waals surface area contributed by atoms with Crippen molar-refractivity contribution in [2.24, 2.45) is 0 Å². The first-order valence-electron chi connectivity index (χ1n) is 8.46. The van der Waals surface area contributed by atoms with Gasteiger partial charge in [-0.1, -0.05) is 31.2 Å². The highest BCUT2D eigenvalue weighted by Gasteiger charge is 2.32. The highest BCUT2D eigenvalue weighted by molar-refractivity contribution is 5.85. The van der Waals surface area contributed by atoms with Crippen LogP contribution in [0, 0.1) is 0 Å². The molecule has 2 unspecified atom stereocenters. The van der Waals surface area contributed by atoms with E-state index < -0.39 is 0 Å². The quantitative estimate of drug-likeness (QED) is 0.919. The van der Waals surface area contributed by atoms with Crippen LogP contribution in [0.2, 0.25) is 0 Å². The molecule has 1 aromatic rings. The molecule has 0 spiro atoms. The summed E-state index contributed by atoms with van der Waals surface area (Å²) in [6, 6.07) is 8.35. The van der Waals surface area contributed by atoms with Gasteiger partial charge < -0.3 is 10.0 Å². The lowest BCUT2D eigenvalue weighted by molar-refractivity contribution is -0.134. The molecular formula is C18H26N2O2. The summed E-state index contributed by atoms with van der Waals surface area (Å²) in [6.07, 6.45) is 2.52. The molecule has 22 heavy (non-hydrogen) atoms. The number of β-amino-alcohol motifs (C(OH)–C–C–N with tert-alkyl or cyclic N) is 1. The average Bonchev–Trinajstić information content (AvgIpc) is 2.99. The lowest BCUT2D eigenvalue weighted by Crippen LogP contribution is -2.51. The van der Waals surface area contributed by atoms with Gasteiger partial charge in [0.25, 0.3) is 0 Å². The standard InChI is InChI=1S/C18H26N2O2/c1-2-15(21)13-19-9-11-20(12-10-19)18(22)17-8-7-14-5-3-4-6-16(14)17/h3-6,15,17,21H,2,7-13H2,1H3. The zero-order valence-corrected chi connectivity index (χ0v) is 13.4. The number of carbonyl (C=O) groups excluding carboxylic acids is 1. The lowest BCUT2D eigenvalue weighted by atomic mass is 9.99. The largest absolute Gasteiger partial charge is 0.392 e. The van der Waals surface area contributed by atoms with Gasteiger partial charge in [-0.25, -0.2) is 0 Å². The smallest absolute Gasteiger partial charge is 0.230 e. The number of benzene rings is 1. The van der Waals surface area contributed by atoms with Gasteiger partial charge in [-0.3, -0.25) is 9.69 Å². The molecule has 1 amide bonds. The average molecular weight is 302 g/mol. The first-order chi connectivity index (χ1) is 10.7. The number of rotatable bonds is 4. The van der Waals surface area contributed by atoms with Gasteiger partial charge in [0.1, 0.15) is 0 Å². The number of fused-ring (bicyclic) bond motifs is 1. The molecule has 3 rings (SSSR count). The molecule has 4 nitrogen and oxygen atoms in total. The maximum absolute atomic E-state index is 12.8. The summed E-state index contributed by atoms with van der Waals surface area (Å²) in [5, 5.41) is 9.74. The summed E-state index contributed by atoms with van der Waals surface area (Å²) in [4.78, 5) is 17.1. The molecular weight excluding hydrogens is 276 g/mol. The van der Waals surface area contributed by atoms with Crippen molar-refractivity contribution >= 4 is 5.91 Å². The molecule has 1 aromatic carbocycles. The summed E-state index contributed by atoms with van der Waals surface area (Å²) in [5.74, 6) is 0.352. The van der Waals surface area contributed by atoms with Crippen molar-refractivity contribution in [2.75, 3.05) is 32.7 Å². The van der Waals surface area contributed by atoms with E-state index in [9.17, 15) is 9.90 Å². The van der Waals surface area contributed by atoms with E-state index in [1.165, 1.54) is 11.1 Å². The van der Waals surface area contributed by atoms with Crippen LogP contribution in [0.3, 0.4) is 0 Å². The van der Waals surface area contributed by atoms with Crippen LogP contribution in [0.15, 0.2) is 24.3 Å². The lowest BCUT2D eigenvalue weighted by Gasteiger charge is -2.36. The number of hydrogen-bond donors (Lipinski definition) is 1. The van der Waals surface area contributed by atoms with Crippen molar-refractivity contribution in [2.45, 2.75) is 38.2 Å². The van der Waals surface area contributed by atoms with Crippen molar-refractivity contribution in [3.05, 3.63) is 35.4 Å². The van der Waals surface area contributed by atoms with Gasteiger partial charge in [0.15, 0.2) is 0 Å². The second-order valence-corrected chi connectivity index (χ2v) is 6.48. The number of piperazine rings is 1. The maximum Gasteiger partial charge on any atom is 0.230 e. The van der Waals surface area contributed by atoms with E-state index in [2.05, 4.69) is 23.1 Å². The predicted molar refractivity (Wildman–Crippen MR) is 86.8 cm³/mol. The van der Waals surface area contributed by atoms with E-state index in [4.69, 9.17) is 0 Å². The number of aliphatic hydroxyl groups excluding tert-OH is 1. The highest BCUT2D eigenvalue weighted by Crippen LogP contribution is 2.34. The maximum atomic E-state index is 12.8. The molecule has 0 saturated carbocycles. The van der Waals surface area contributed by atoms with Crippen LogP contribution in [0.4, 0.5) is 0 Å². The molecule has 1 N–H and O–H groups in total. The van der Waals surface area contributed by atoms with Gasteiger partial charge in [-0.2, -0.15) is 0 Å². The van der Waals surface area contributed by atoms with Crippen LogP contribution < -0.4 is 0 Å². The Morgan fingerprint density at radius 2 is 2.00 bits per heavy atom. The minimum absolute atomic E-state index is 0.0592. The third-order valence-corrected chi connectivity index (χ3v) is 5.06. The SMILES string of the molecule is CCC(O)CN1CCN(C(=O)C2CCc3ccccc32)CC1. The molecule has 0 bridgehead atoms. The van der Waals surface area contributed by atoms with Gasteiger partial charge in [-0.05, 0) is 30.4 Å². The summed E-state index contributed by atoms with van der Waals surface area (Å²) < 4.78 is 0. The van der Waals surface area contributed by atoms with Crippen molar-refractivity contribution in [3.63, 3.8) is 0 Å². The predicted octanol–water partition coefficient (Wildman–Crippen LogP) is 1.63. The van der Waals surface area contributed by atoms with Crippen LogP contribution >= 0.6 is 0 Å². The minimum Gasteiger partial charge on any atom is -0.392 e. The zero-order chi connectivity index (χ0) is 15.5. The topological polar surface area (TPSA) is 43.8 Å². The Kier molecular flexibility index (Phi) is 4.79. The van der Waals surface area contributed by atoms with Crippen molar-refractivity contribution in [3.8, 4) is 0 Å².